The number of benzene rings is 2. The zero-order valence-corrected chi connectivity index (χ0v) is 16.6. The molecule has 1 saturated heterocycles. The predicted octanol–water partition coefficient (Wildman–Crippen LogP) is 2.63. The summed E-state index contributed by atoms with van der Waals surface area (Å²) >= 11 is 0. The lowest BCUT2D eigenvalue weighted by Crippen LogP contribution is -2.28. The van der Waals surface area contributed by atoms with E-state index in [0.29, 0.717) is 41.7 Å². The first-order valence-electron chi connectivity index (χ1n) is 9.83. The van der Waals surface area contributed by atoms with Gasteiger partial charge in [0, 0.05) is 30.4 Å². The summed E-state index contributed by atoms with van der Waals surface area (Å²) in [6, 6.07) is 11.9. The molecule has 2 aromatic carbocycles. The SMILES string of the molecule is CCOC(=O)c1cccc(NC(=O)[C@@H]2CC(=O)N(c3ccc4c(c3)OCCO4)C2)c1. The number of esters is 1. The fourth-order valence-electron chi connectivity index (χ4n) is 3.52. The lowest BCUT2D eigenvalue weighted by molar-refractivity contribution is -0.122. The number of nitrogens with zero attached hydrogens (tertiary/aromatic N) is 1. The fraction of sp³-hybridized carbons (Fsp3) is 0.318. The number of carbonyl (C=O) groups is 3. The van der Waals surface area contributed by atoms with Crippen LogP contribution in [0.1, 0.15) is 23.7 Å². The van der Waals surface area contributed by atoms with E-state index in [1.165, 1.54) is 0 Å². The molecule has 30 heavy (non-hydrogen) atoms. The van der Waals surface area contributed by atoms with Crippen LogP contribution in [0.15, 0.2) is 42.5 Å². The fourth-order valence-corrected chi connectivity index (χ4v) is 3.52. The molecule has 2 amide bonds. The van der Waals surface area contributed by atoms with Gasteiger partial charge in [-0.25, -0.2) is 4.79 Å². The van der Waals surface area contributed by atoms with Crippen molar-refractivity contribution in [3.8, 4) is 11.5 Å². The number of carbonyl (C=O) groups excluding carboxylic acids is 3. The Labute approximate surface area is 173 Å². The molecule has 156 valence electrons. The van der Waals surface area contributed by atoms with Gasteiger partial charge in [-0.05, 0) is 37.3 Å². The van der Waals surface area contributed by atoms with E-state index < -0.39 is 11.9 Å². The molecule has 1 atom stereocenters. The van der Waals surface area contributed by atoms with Gasteiger partial charge in [0.2, 0.25) is 11.8 Å². The van der Waals surface area contributed by atoms with Gasteiger partial charge >= 0.3 is 5.97 Å². The molecule has 8 heteroatoms. The molecule has 4 rings (SSSR count). The molecule has 2 heterocycles. The minimum atomic E-state index is -0.503. The van der Waals surface area contributed by atoms with Crippen LogP contribution in [0.3, 0.4) is 0 Å². The van der Waals surface area contributed by atoms with E-state index >= 15 is 0 Å². The second kappa shape index (κ2) is 8.44. The molecule has 8 nitrogen and oxygen atoms in total. The van der Waals surface area contributed by atoms with Crippen molar-refractivity contribution in [2.24, 2.45) is 5.92 Å². The number of hydrogen-bond acceptors (Lipinski definition) is 6. The number of amides is 2. The van der Waals surface area contributed by atoms with Gasteiger partial charge in [-0.15, -0.1) is 0 Å². The highest BCUT2D eigenvalue weighted by Gasteiger charge is 2.35. The van der Waals surface area contributed by atoms with Gasteiger partial charge in [-0.1, -0.05) is 6.07 Å². The molecule has 2 aliphatic rings. The van der Waals surface area contributed by atoms with Crippen molar-refractivity contribution >= 4 is 29.2 Å². The number of ether oxygens (including phenoxy) is 3. The van der Waals surface area contributed by atoms with E-state index in [4.69, 9.17) is 14.2 Å². The van der Waals surface area contributed by atoms with Crippen molar-refractivity contribution in [1.82, 2.24) is 0 Å². The maximum Gasteiger partial charge on any atom is 0.338 e. The van der Waals surface area contributed by atoms with Gasteiger partial charge in [0.15, 0.2) is 11.5 Å². The zero-order valence-electron chi connectivity index (χ0n) is 16.6. The lowest BCUT2D eigenvalue weighted by atomic mass is 10.1. The normalized spacial score (nSPS) is 17.6. The minimum absolute atomic E-state index is 0.109. The Morgan fingerprint density at radius 1 is 1.13 bits per heavy atom. The Morgan fingerprint density at radius 3 is 2.73 bits per heavy atom. The predicted molar refractivity (Wildman–Crippen MR) is 109 cm³/mol. The van der Waals surface area contributed by atoms with Crippen molar-refractivity contribution in [2.75, 3.05) is 36.6 Å². The standard InChI is InChI=1S/C22H22N2O6/c1-2-28-22(27)14-4-3-5-16(10-14)23-21(26)15-11-20(25)24(13-15)17-6-7-18-19(12-17)30-9-8-29-18/h3-7,10,12,15H,2,8-9,11,13H2,1H3,(H,23,26)/t15-/m1/s1. The topological polar surface area (TPSA) is 94.2 Å². The Morgan fingerprint density at radius 2 is 1.93 bits per heavy atom. The molecular formula is C22H22N2O6. The van der Waals surface area contributed by atoms with Crippen LogP contribution in [-0.4, -0.2) is 44.1 Å². The van der Waals surface area contributed by atoms with Crippen LogP contribution in [0.4, 0.5) is 11.4 Å². The lowest BCUT2D eigenvalue weighted by Gasteiger charge is -2.22. The van der Waals surface area contributed by atoms with E-state index in [1.807, 2.05) is 0 Å². The summed E-state index contributed by atoms with van der Waals surface area (Å²) in [6.07, 6.45) is 0.109. The summed E-state index contributed by atoms with van der Waals surface area (Å²) in [7, 11) is 0. The van der Waals surface area contributed by atoms with E-state index in [1.54, 1.807) is 54.3 Å². The van der Waals surface area contributed by atoms with Crippen molar-refractivity contribution in [3.05, 3.63) is 48.0 Å². The molecule has 0 radical (unpaired) electrons. The molecule has 0 spiro atoms. The Kier molecular flexibility index (Phi) is 5.56. The van der Waals surface area contributed by atoms with Gasteiger partial charge < -0.3 is 24.4 Å². The molecule has 0 unspecified atom stereocenters. The smallest absolute Gasteiger partial charge is 0.338 e. The number of hydrogen-bond donors (Lipinski definition) is 1. The van der Waals surface area contributed by atoms with E-state index in [-0.39, 0.29) is 31.4 Å². The molecule has 0 saturated carbocycles. The van der Waals surface area contributed by atoms with Gasteiger partial charge in [0.05, 0.1) is 18.1 Å². The van der Waals surface area contributed by atoms with Crippen LogP contribution in [0.5, 0.6) is 11.5 Å². The van der Waals surface area contributed by atoms with Crippen molar-refractivity contribution in [3.63, 3.8) is 0 Å². The average molecular weight is 410 g/mol. The summed E-state index contributed by atoms with van der Waals surface area (Å²) in [5.41, 5.74) is 1.51. The van der Waals surface area contributed by atoms with Crippen molar-refractivity contribution in [1.29, 1.82) is 0 Å². The van der Waals surface area contributed by atoms with E-state index in [2.05, 4.69) is 5.32 Å². The summed E-state index contributed by atoms with van der Waals surface area (Å²) < 4.78 is 16.1. The molecule has 2 aliphatic heterocycles. The third kappa shape index (κ3) is 4.07. The largest absolute Gasteiger partial charge is 0.486 e. The van der Waals surface area contributed by atoms with Gasteiger partial charge in [-0.2, -0.15) is 0 Å². The van der Waals surface area contributed by atoms with Gasteiger partial charge in [-0.3, -0.25) is 9.59 Å². The van der Waals surface area contributed by atoms with E-state index in [9.17, 15) is 14.4 Å². The molecule has 1 N–H and O–H groups in total. The van der Waals surface area contributed by atoms with E-state index in [0.717, 1.165) is 0 Å². The highest BCUT2D eigenvalue weighted by molar-refractivity contribution is 6.04. The molecule has 0 bridgehead atoms. The highest BCUT2D eigenvalue weighted by Crippen LogP contribution is 2.36. The Balaban J connectivity index is 1.43. The molecule has 1 fully saturated rings. The van der Waals surface area contributed by atoms with Crippen LogP contribution in [0.2, 0.25) is 0 Å². The highest BCUT2D eigenvalue weighted by atomic mass is 16.6. The quantitative estimate of drug-likeness (QED) is 0.762. The maximum absolute atomic E-state index is 12.7. The first-order chi connectivity index (χ1) is 14.5. The number of anilines is 2. The second-order valence-corrected chi connectivity index (χ2v) is 7.02. The molecule has 0 aliphatic carbocycles. The summed E-state index contributed by atoms with van der Waals surface area (Å²) in [5, 5.41) is 2.79. The first kappa shape index (κ1) is 19.8. The molecular weight excluding hydrogens is 388 g/mol. The third-order valence-electron chi connectivity index (χ3n) is 4.97. The van der Waals surface area contributed by atoms with Crippen LogP contribution >= 0.6 is 0 Å². The number of fused-ring (bicyclic) bond motifs is 1. The summed E-state index contributed by atoms with van der Waals surface area (Å²) in [4.78, 5) is 38.7. The van der Waals surface area contributed by atoms with Crippen molar-refractivity contribution < 1.29 is 28.6 Å². The van der Waals surface area contributed by atoms with Crippen LogP contribution in [0, 0.1) is 5.92 Å². The molecule has 0 aromatic heterocycles. The number of rotatable bonds is 5. The van der Waals surface area contributed by atoms with Gasteiger partial charge in [0.1, 0.15) is 13.2 Å². The maximum atomic E-state index is 12.7. The summed E-state index contributed by atoms with van der Waals surface area (Å²) in [6.45, 7) is 3.22. The monoisotopic (exact) mass is 410 g/mol. The summed E-state index contributed by atoms with van der Waals surface area (Å²) in [5.74, 6) is -0.120. The van der Waals surface area contributed by atoms with Crippen LogP contribution in [-0.2, 0) is 14.3 Å². The second-order valence-electron chi connectivity index (χ2n) is 7.02. The first-order valence-corrected chi connectivity index (χ1v) is 9.83. The number of nitrogens with one attached hydrogen (secondary N) is 1. The average Bonchev–Trinajstić information content (AvgIpc) is 3.15. The molecule has 2 aromatic rings. The third-order valence-corrected chi connectivity index (χ3v) is 4.97. The van der Waals surface area contributed by atoms with Crippen LogP contribution < -0.4 is 19.7 Å². The van der Waals surface area contributed by atoms with Crippen LogP contribution in [0.25, 0.3) is 0 Å². The Hall–Kier alpha value is -3.55. The van der Waals surface area contributed by atoms with Crippen molar-refractivity contribution in [2.45, 2.75) is 13.3 Å². The minimum Gasteiger partial charge on any atom is -0.486 e. The zero-order chi connectivity index (χ0) is 21.1. The van der Waals surface area contributed by atoms with Gasteiger partial charge in [0.25, 0.3) is 0 Å². The Bertz CT molecular complexity index is 989.